The van der Waals surface area contributed by atoms with Crippen LogP contribution in [0.2, 0.25) is 0 Å². The third-order valence-corrected chi connectivity index (χ3v) is 3.40. The maximum Gasteiger partial charge on any atom is 0.328 e. The number of rotatable bonds is 10. The summed E-state index contributed by atoms with van der Waals surface area (Å²) in [4.78, 5) is 43.0. The van der Waals surface area contributed by atoms with Gasteiger partial charge in [0.1, 0.15) is 11.9 Å². The molecule has 1 N–H and O–H groups in total. The van der Waals surface area contributed by atoms with E-state index in [-0.39, 0.29) is 18.9 Å². The maximum atomic E-state index is 12.5. The Bertz CT molecular complexity index is 693. The number of methoxy groups -OCH3 is 1. The number of hydrogen-bond acceptors (Lipinski definition) is 6. The highest BCUT2D eigenvalue weighted by atomic mass is 16.5. The van der Waals surface area contributed by atoms with Crippen molar-refractivity contribution in [1.82, 2.24) is 14.9 Å². The molecule has 0 bridgehead atoms. The minimum Gasteiger partial charge on any atom is -0.461 e. The number of aryl methyl sites for hydroxylation is 1. The topological polar surface area (TPSA) is 136 Å². The number of hydrogen-bond donors (Lipinski definition) is 1. The molecule has 0 unspecified atom stereocenters. The number of esters is 1. The minimum atomic E-state index is -1.06. The Morgan fingerprint density at radius 1 is 1.42 bits per heavy atom. The first-order chi connectivity index (χ1) is 12.3. The summed E-state index contributed by atoms with van der Waals surface area (Å²) in [5.74, 6) is -1.38. The Kier molecular flexibility index (Phi) is 8.33. The predicted molar refractivity (Wildman–Crippen MR) is 90.0 cm³/mol. The van der Waals surface area contributed by atoms with Crippen molar-refractivity contribution in [2.75, 3.05) is 7.11 Å². The largest absolute Gasteiger partial charge is 0.461 e. The molecule has 1 amide bonds. The minimum absolute atomic E-state index is 0.0147. The first kappa shape index (κ1) is 21.2. The van der Waals surface area contributed by atoms with Gasteiger partial charge in [0.25, 0.3) is 5.91 Å². The zero-order chi connectivity index (χ0) is 19.7. The van der Waals surface area contributed by atoms with Crippen LogP contribution in [0.15, 0.2) is 12.4 Å². The molecule has 0 aliphatic heterocycles. The zero-order valence-corrected chi connectivity index (χ0v) is 15.2. The Labute approximate surface area is 151 Å². The van der Waals surface area contributed by atoms with Gasteiger partial charge in [-0.05, 0) is 20.3 Å². The van der Waals surface area contributed by atoms with E-state index < -0.39 is 29.8 Å². The number of carbonyl (C=O) groups excluding carboxylic acids is 3. The van der Waals surface area contributed by atoms with E-state index in [0.717, 1.165) is 6.21 Å². The van der Waals surface area contributed by atoms with E-state index in [4.69, 9.17) is 15.0 Å². The van der Waals surface area contributed by atoms with Crippen LogP contribution in [0.5, 0.6) is 0 Å². The molecule has 0 fully saturated rings. The molecule has 0 radical (unpaired) electrons. The molecule has 0 aromatic carbocycles. The van der Waals surface area contributed by atoms with Crippen LogP contribution in [0.1, 0.15) is 38.6 Å². The number of nitrogens with zero attached hydrogens (tertiary/aromatic N) is 4. The van der Waals surface area contributed by atoms with Crippen LogP contribution < -0.4 is 5.32 Å². The van der Waals surface area contributed by atoms with Gasteiger partial charge in [0, 0.05) is 33.0 Å². The number of imidazole rings is 1. The zero-order valence-electron chi connectivity index (χ0n) is 15.2. The van der Waals surface area contributed by atoms with Crippen LogP contribution in [0, 0.1) is 0 Å². The van der Waals surface area contributed by atoms with Crippen LogP contribution in [0.3, 0.4) is 0 Å². The summed E-state index contributed by atoms with van der Waals surface area (Å²) < 4.78 is 11.9. The Hall–Kier alpha value is -2.84. The number of aromatic nitrogens is 2. The molecular weight excluding hydrogens is 342 g/mol. The van der Waals surface area contributed by atoms with Gasteiger partial charge in [-0.1, -0.05) is 0 Å². The quantitative estimate of drug-likeness (QED) is 0.272. The van der Waals surface area contributed by atoms with Gasteiger partial charge in [-0.2, -0.15) is 4.79 Å². The second-order valence-electron chi connectivity index (χ2n) is 5.81. The van der Waals surface area contributed by atoms with Crippen LogP contribution >= 0.6 is 0 Å². The van der Waals surface area contributed by atoms with Gasteiger partial charge < -0.3 is 24.9 Å². The molecular formula is C16H23N5O5. The Balaban J connectivity index is 2.89. The lowest BCUT2D eigenvalue weighted by Crippen LogP contribution is -2.45. The van der Waals surface area contributed by atoms with E-state index in [1.165, 1.54) is 13.3 Å². The predicted octanol–water partition coefficient (Wildman–Crippen LogP) is 0.194. The number of amides is 1. The molecule has 0 aliphatic rings. The van der Waals surface area contributed by atoms with Gasteiger partial charge in [-0.25, -0.2) is 9.78 Å². The van der Waals surface area contributed by atoms with E-state index in [2.05, 4.69) is 15.1 Å². The number of ketones is 1. The molecule has 0 spiro atoms. The molecule has 10 heteroatoms. The van der Waals surface area contributed by atoms with E-state index in [1.54, 1.807) is 31.7 Å². The highest BCUT2D eigenvalue weighted by Crippen LogP contribution is 2.15. The van der Waals surface area contributed by atoms with Crippen LogP contribution in [0.25, 0.3) is 5.53 Å². The summed E-state index contributed by atoms with van der Waals surface area (Å²) in [5, 5.41) is 2.54. The standard InChI is InChI=1S/C16H23N5O5/c1-10(2)26-16(24)12(6-5-11(22)9-19-17)20-15(23)13(25-4)14-18-7-8-21(14)3/h7-10,12-13H,5-6H2,1-4H3,(H,20,23)/t12-,13-/m0/s1. The van der Waals surface area contributed by atoms with Crippen molar-refractivity contribution in [3.8, 4) is 0 Å². The lowest BCUT2D eigenvalue weighted by molar-refractivity contribution is -0.153. The maximum absolute atomic E-state index is 12.5. The molecule has 1 heterocycles. The van der Waals surface area contributed by atoms with Crippen molar-refractivity contribution in [3.63, 3.8) is 0 Å². The average Bonchev–Trinajstić information content (AvgIpc) is 2.97. The molecule has 0 saturated heterocycles. The lowest BCUT2D eigenvalue weighted by Gasteiger charge is -2.21. The van der Waals surface area contributed by atoms with Crippen LogP contribution in [0.4, 0.5) is 0 Å². The smallest absolute Gasteiger partial charge is 0.328 e. The average molecular weight is 365 g/mol. The molecule has 0 aliphatic carbocycles. The van der Waals surface area contributed by atoms with Gasteiger partial charge in [0.2, 0.25) is 5.78 Å². The van der Waals surface area contributed by atoms with E-state index >= 15 is 0 Å². The molecule has 10 nitrogen and oxygen atoms in total. The van der Waals surface area contributed by atoms with E-state index in [9.17, 15) is 14.4 Å². The van der Waals surface area contributed by atoms with Crippen molar-refractivity contribution in [3.05, 3.63) is 23.7 Å². The summed E-state index contributed by atoms with van der Waals surface area (Å²) in [5.41, 5.74) is 8.37. The fraction of sp³-hybridized carbons (Fsp3) is 0.562. The van der Waals surface area contributed by atoms with Crippen molar-refractivity contribution in [2.45, 2.75) is 44.9 Å². The summed E-state index contributed by atoms with van der Waals surface area (Å²) in [6.45, 7) is 3.35. The Morgan fingerprint density at radius 3 is 2.62 bits per heavy atom. The van der Waals surface area contributed by atoms with E-state index in [1.807, 2.05) is 0 Å². The fourth-order valence-electron chi connectivity index (χ4n) is 2.19. The second-order valence-corrected chi connectivity index (χ2v) is 5.81. The second kappa shape index (κ2) is 10.2. The third kappa shape index (κ3) is 6.23. The lowest BCUT2D eigenvalue weighted by atomic mass is 10.1. The van der Waals surface area contributed by atoms with Crippen LogP contribution in [-0.4, -0.2) is 57.5 Å². The molecule has 0 saturated carbocycles. The molecule has 1 aromatic rings. The van der Waals surface area contributed by atoms with Crippen molar-refractivity contribution >= 4 is 23.9 Å². The molecule has 142 valence electrons. The van der Waals surface area contributed by atoms with E-state index in [0.29, 0.717) is 5.82 Å². The molecule has 26 heavy (non-hydrogen) atoms. The van der Waals surface area contributed by atoms with Gasteiger partial charge in [-0.3, -0.25) is 9.59 Å². The number of Topliss-reactive ketones (excluding diaryl/α,β-unsaturated/α-hetero) is 1. The Morgan fingerprint density at radius 2 is 2.12 bits per heavy atom. The first-order valence-corrected chi connectivity index (χ1v) is 8.01. The van der Waals surface area contributed by atoms with Crippen molar-refractivity contribution in [1.29, 1.82) is 0 Å². The fourth-order valence-corrected chi connectivity index (χ4v) is 2.19. The highest BCUT2D eigenvalue weighted by molar-refractivity contribution is 6.25. The van der Waals surface area contributed by atoms with Crippen molar-refractivity contribution < 1.29 is 28.6 Å². The summed E-state index contributed by atoms with van der Waals surface area (Å²) in [6, 6.07) is -1.06. The number of ether oxygens (including phenoxy) is 2. The van der Waals surface area contributed by atoms with Gasteiger partial charge >= 0.3 is 12.2 Å². The summed E-state index contributed by atoms with van der Waals surface area (Å²) in [7, 11) is 3.06. The summed E-state index contributed by atoms with van der Waals surface area (Å²) >= 11 is 0. The third-order valence-electron chi connectivity index (χ3n) is 3.40. The SMILES string of the molecule is CO[C@H](C(=O)N[C@@H](CCC(=O)C=[N+]=[N-])C(=O)OC(C)C)c1nccn1C. The van der Waals surface area contributed by atoms with Gasteiger partial charge in [0.15, 0.2) is 6.10 Å². The normalized spacial score (nSPS) is 12.8. The number of carbonyl (C=O) groups is 3. The van der Waals surface area contributed by atoms with Gasteiger partial charge in [0.05, 0.1) is 6.10 Å². The summed E-state index contributed by atoms with van der Waals surface area (Å²) in [6.07, 6.45) is 2.38. The van der Waals surface area contributed by atoms with Crippen LogP contribution in [-0.2, 0) is 30.9 Å². The first-order valence-electron chi connectivity index (χ1n) is 8.01. The van der Waals surface area contributed by atoms with Crippen molar-refractivity contribution in [2.24, 2.45) is 7.05 Å². The molecule has 1 rings (SSSR count). The molecule has 2 atom stereocenters. The highest BCUT2D eigenvalue weighted by Gasteiger charge is 2.30. The van der Waals surface area contributed by atoms with Gasteiger partial charge in [-0.15, -0.1) is 0 Å². The molecule has 1 aromatic heterocycles. The number of nitrogens with one attached hydrogen (secondary N) is 1. The monoisotopic (exact) mass is 365 g/mol.